The molecule has 1 aliphatic rings. The monoisotopic (exact) mass is 345 g/mol. The Bertz CT molecular complexity index is 603. The minimum atomic E-state index is 0.587. The summed E-state index contributed by atoms with van der Waals surface area (Å²) < 4.78 is 0. The molecule has 0 spiro atoms. The number of anilines is 2. The van der Waals surface area contributed by atoms with Gasteiger partial charge in [0.25, 0.3) is 0 Å². The highest BCUT2D eigenvalue weighted by Gasteiger charge is 2.19. The van der Waals surface area contributed by atoms with E-state index in [1.165, 1.54) is 4.88 Å². The smallest absolute Gasteiger partial charge is 0.185 e. The number of hydrogen-bond acceptors (Lipinski definition) is 6. The molecule has 0 radical (unpaired) electrons. The maximum absolute atomic E-state index is 4.56. The first-order valence-electron chi connectivity index (χ1n) is 8.89. The van der Waals surface area contributed by atoms with Gasteiger partial charge in [-0.05, 0) is 38.8 Å². The highest BCUT2D eigenvalue weighted by molar-refractivity contribution is 7.15. The Morgan fingerprint density at radius 2 is 2.00 bits per heavy atom. The van der Waals surface area contributed by atoms with E-state index >= 15 is 0 Å². The minimum Gasteiger partial charge on any atom is -0.357 e. The zero-order valence-corrected chi connectivity index (χ0v) is 15.4. The fraction of sp³-hybridized carbons (Fsp3) is 0.556. The number of pyridine rings is 1. The third kappa shape index (κ3) is 4.24. The fourth-order valence-electron chi connectivity index (χ4n) is 3.12. The second-order valence-electron chi connectivity index (χ2n) is 6.11. The molecule has 3 rings (SSSR count). The van der Waals surface area contributed by atoms with Crippen molar-refractivity contribution in [1.82, 2.24) is 15.3 Å². The van der Waals surface area contributed by atoms with E-state index in [1.54, 1.807) is 0 Å². The topological polar surface area (TPSA) is 44.3 Å². The van der Waals surface area contributed by atoms with Gasteiger partial charge in [-0.2, -0.15) is 0 Å². The van der Waals surface area contributed by atoms with Crippen LogP contribution in [0.25, 0.3) is 0 Å². The molecule has 6 heteroatoms. The van der Waals surface area contributed by atoms with Gasteiger partial charge in [0.05, 0.1) is 0 Å². The Hall–Kier alpha value is -1.66. The predicted octanol–water partition coefficient (Wildman–Crippen LogP) is 3.14. The Morgan fingerprint density at radius 1 is 1.21 bits per heavy atom. The van der Waals surface area contributed by atoms with Crippen molar-refractivity contribution in [1.29, 1.82) is 0 Å². The van der Waals surface area contributed by atoms with Crippen LogP contribution in [0.1, 0.15) is 31.6 Å². The Labute approximate surface area is 148 Å². The maximum Gasteiger partial charge on any atom is 0.185 e. The Kier molecular flexibility index (Phi) is 6.04. The molecule has 0 bridgehead atoms. The molecule has 5 nitrogen and oxygen atoms in total. The number of aromatic nitrogens is 2. The molecule has 0 saturated carbocycles. The first-order valence-corrected chi connectivity index (χ1v) is 9.70. The lowest BCUT2D eigenvalue weighted by Crippen LogP contribution is -2.42. The van der Waals surface area contributed by atoms with E-state index in [1.807, 2.05) is 29.8 Å². The normalized spacial score (nSPS) is 15.7. The number of piperidine rings is 1. The molecule has 0 unspecified atom stereocenters. The van der Waals surface area contributed by atoms with Crippen molar-refractivity contribution in [2.75, 3.05) is 36.0 Å². The molecule has 1 aliphatic heterocycles. The zero-order chi connectivity index (χ0) is 16.8. The van der Waals surface area contributed by atoms with Gasteiger partial charge in [0.15, 0.2) is 5.13 Å². The number of nitrogens with zero attached hydrogens (tertiary/aromatic N) is 4. The van der Waals surface area contributed by atoms with Crippen LogP contribution in [0.3, 0.4) is 0 Å². The summed E-state index contributed by atoms with van der Waals surface area (Å²) >= 11 is 1.81. The Balaban J connectivity index is 1.45. The molecule has 0 atom stereocenters. The maximum atomic E-state index is 4.56. The van der Waals surface area contributed by atoms with E-state index in [0.717, 1.165) is 56.5 Å². The molecule has 0 aromatic carbocycles. The summed E-state index contributed by atoms with van der Waals surface area (Å²) in [7, 11) is 0. The minimum absolute atomic E-state index is 0.587. The fourth-order valence-corrected chi connectivity index (χ4v) is 4.11. The van der Waals surface area contributed by atoms with Crippen LogP contribution in [-0.4, -0.2) is 42.2 Å². The van der Waals surface area contributed by atoms with Crippen molar-refractivity contribution in [3.8, 4) is 0 Å². The van der Waals surface area contributed by atoms with Crippen molar-refractivity contribution < 1.29 is 0 Å². The molecule has 24 heavy (non-hydrogen) atoms. The summed E-state index contributed by atoms with van der Waals surface area (Å²) in [6.07, 6.45) is 6.22. The average Bonchev–Trinajstić information content (AvgIpc) is 3.11. The van der Waals surface area contributed by atoms with Crippen molar-refractivity contribution in [2.45, 2.75) is 39.3 Å². The third-order valence-electron chi connectivity index (χ3n) is 4.61. The summed E-state index contributed by atoms with van der Waals surface area (Å²) in [6, 6.07) is 6.72. The van der Waals surface area contributed by atoms with Gasteiger partial charge in [-0.1, -0.05) is 6.07 Å². The van der Waals surface area contributed by atoms with Crippen molar-refractivity contribution in [3.63, 3.8) is 0 Å². The molecule has 2 aromatic rings. The molecule has 0 amide bonds. The summed E-state index contributed by atoms with van der Waals surface area (Å²) in [5.74, 6) is 1.10. The van der Waals surface area contributed by atoms with Gasteiger partial charge in [-0.15, -0.1) is 11.3 Å². The largest absolute Gasteiger partial charge is 0.357 e. The molecular formula is C18H27N5S. The molecule has 130 valence electrons. The van der Waals surface area contributed by atoms with Crippen molar-refractivity contribution >= 4 is 22.3 Å². The number of hydrogen-bond donors (Lipinski definition) is 1. The second kappa shape index (κ2) is 8.44. The molecule has 1 N–H and O–H groups in total. The first kappa shape index (κ1) is 17.2. The highest BCUT2D eigenvalue weighted by Crippen LogP contribution is 2.23. The van der Waals surface area contributed by atoms with Gasteiger partial charge in [0.2, 0.25) is 0 Å². The third-order valence-corrected chi connectivity index (χ3v) is 5.67. The lowest BCUT2D eigenvalue weighted by molar-refractivity contribution is 0.414. The van der Waals surface area contributed by atoms with E-state index in [2.05, 4.69) is 51.1 Å². The molecule has 1 fully saturated rings. The van der Waals surface area contributed by atoms with Gasteiger partial charge in [-0.3, -0.25) is 0 Å². The molecule has 0 aliphatic carbocycles. The number of rotatable bonds is 7. The SMILES string of the molecule is CCN(CC)c1ncc(CNC2CCN(c3ccccn3)CC2)s1. The van der Waals surface area contributed by atoms with Gasteiger partial charge in [-0.25, -0.2) is 9.97 Å². The molecular weight excluding hydrogens is 318 g/mol. The van der Waals surface area contributed by atoms with Crippen LogP contribution in [-0.2, 0) is 6.54 Å². The van der Waals surface area contributed by atoms with E-state index in [4.69, 9.17) is 0 Å². The highest BCUT2D eigenvalue weighted by atomic mass is 32.1. The van der Waals surface area contributed by atoms with Crippen LogP contribution in [0, 0.1) is 0 Å². The van der Waals surface area contributed by atoms with Crippen LogP contribution in [0.5, 0.6) is 0 Å². The van der Waals surface area contributed by atoms with Crippen LogP contribution in [0.4, 0.5) is 10.9 Å². The van der Waals surface area contributed by atoms with E-state index < -0.39 is 0 Å². The zero-order valence-electron chi connectivity index (χ0n) is 14.6. The van der Waals surface area contributed by atoms with Crippen LogP contribution in [0.2, 0.25) is 0 Å². The van der Waals surface area contributed by atoms with E-state index in [0.29, 0.717) is 6.04 Å². The van der Waals surface area contributed by atoms with E-state index in [9.17, 15) is 0 Å². The summed E-state index contributed by atoms with van der Waals surface area (Å²) in [5.41, 5.74) is 0. The van der Waals surface area contributed by atoms with Gasteiger partial charge < -0.3 is 15.1 Å². The van der Waals surface area contributed by atoms with Crippen molar-refractivity contribution in [3.05, 3.63) is 35.5 Å². The van der Waals surface area contributed by atoms with Crippen LogP contribution < -0.4 is 15.1 Å². The van der Waals surface area contributed by atoms with Crippen LogP contribution >= 0.6 is 11.3 Å². The summed E-state index contributed by atoms with van der Waals surface area (Å²) in [4.78, 5) is 15.0. The lowest BCUT2D eigenvalue weighted by Gasteiger charge is -2.33. The molecule has 2 aromatic heterocycles. The quantitative estimate of drug-likeness (QED) is 0.835. The van der Waals surface area contributed by atoms with Gasteiger partial charge in [0, 0.05) is 56.0 Å². The van der Waals surface area contributed by atoms with Crippen LogP contribution in [0.15, 0.2) is 30.6 Å². The molecule has 3 heterocycles. The number of nitrogens with one attached hydrogen (secondary N) is 1. The van der Waals surface area contributed by atoms with Gasteiger partial charge in [0.1, 0.15) is 5.82 Å². The summed E-state index contributed by atoms with van der Waals surface area (Å²) in [6.45, 7) is 9.46. The number of thiazole rings is 1. The van der Waals surface area contributed by atoms with Gasteiger partial charge >= 0.3 is 0 Å². The summed E-state index contributed by atoms with van der Waals surface area (Å²) in [5, 5.41) is 4.84. The lowest BCUT2D eigenvalue weighted by atomic mass is 10.1. The average molecular weight is 346 g/mol. The van der Waals surface area contributed by atoms with Crippen molar-refractivity contribution in [2.24, 2.45) is 0 Å². The predicted molar refractivity (Wildman–Crippen MR) is 102 cm³/mol. The second-order valence-corrected chi connectivity index (χ2v) is 7.21. The standard InChI is InChI=1S/C18H27N5S/c1-3-22(4-2)18-21-14-16(24-18)13-20-15-8-11-23(12-9-15)17-7-5-6-10-19-17/h5-7,10,14-15,20H,3-4,8-9,11-13H2,1-2H3. The Morgan fingerprint density at radius 3 is 2.67 bits per heavy atom. The molecule has 1 saturated heterocycles. The van der Waals surface area contributed by atoms with E-state index in [-0.39, 0.29) is 0 Å². The first-order chi connectivity index (χ1) is 11.8.